The zero-order chi connectivity index (χ0) is 75.0. The van der Waals surface area contributed by atoms with Gasteiger partial charge in [-0.3, -0.25) is 33.8 Å². The fourth-order valence-corrected chi connectivity index (χ4v) is 12.6. The Balaban J connectivity index is -0.0000000757. The van der Waals surface area contributed by atoms with Crippen LogP contribution in [0.25, 0.3) is 70.0 Å². The van der Waals surface area contributed by atoms with Crippen molar-refractivity contribution in [2.45, 2.75) is 250 Å². The quantitative estimate of drug-likeness (QED) is 0.00831. The van der Waals surface area contributed by atoms with Crippen LogP contribution in [0.4, 0.5) is 4.79 Å². The Labute approximate surface area is 687 Å². The molecule has 0 fully saturated rings. The number of para-hydroxylation sites is 1. The van der Waals surface area contributed by atoms with Crippen LogP contribution in [-0.2, 0) is 106 Å². The number of Topliss-reactive ketones (excluding diaryl/α,β-unsaturated/α-hetero) is 1. The molecule has 0 saturated carbocycles. The van der Waals surface area contributed by atoms with Crippen LogP contribution < -0.4 is 5.32 Å². The van der Waals surface area contributed by atoms with Crippen LogP contribution >= 0.6 is 47.1 Å². The van der Waals surface area contributed by atoms with E-state index in [4.69, 9.17) is 79.4 Å². The van der Waals surface area contributed by atoms with Gasteiger partial charge in [-0.15, -0.1) is 13.1 Å². The number of hydrogen-bond acceptors (Lipinski definition) is 13. The number of aliphatic carboxylic acids is 4. The molecule has 0 radical (unpaired) electrons. The van der Waals surface area contributed by atoms with Crippen LogP contribution in [0, 0.1) is 5.92 Å². The van der Waals surface area contributed by atoms with Crippen molar-refractivity contribution in [3.63, 3.8) is 0 Å². The normalized spacial score (nSPS) is 10.0. The Bertz CT molecular complexity index is 2400. The van der Waals surface area contributed by atoms with Crippen LogP contribution in [-0.4, -0.2) is 156 Å². The average molecular weight is 2380 g/mol. The van der Waals surface area contributed by atoms with Gasteiger partial charge in [0.05, 0.1) is 11.6 Å². The van der Waals surface area contributed by atoms with E-state index < -0.39 is 120 Å². The van der Waals surface area contributed by atoms with Crippen molar-refractivity contribution in [1.29, 1.82) is 0 Å². The molecule has 0 aliphatic rings. The zero-order valence-corrected chi connectivity index (χ0v) is 78.7. The monoisotopic (exact) mass is 2380 g/mol. The van der Waals surface area contributed by atoms with E-state index in [1.165, 1.54) is 93.2 Å². The number of ketones is 1. The van der Waals surface area contributed by atoms with Gasteiger partial charge in [-0.1, -0.05) is 146 Å². The van der Waals surface area contributed by atoms with Gasteiger partial charge in [0.2, 0.25) is 0 Å². The number of halogens is 5. The van der Waals surface area contributed by atoms with Crippen LogP contribution in [0.1, 0.15) is 167 Å². The van der Waals surface area contributed by atoms with Crippen molar-refractivity contribution in [2.24, 2.45) is 5.92 Å². The minimum absolute atomic E-state index is 0. The molecule has 1 aromatic heterocycles. The number of carboxylic acid groups (broad SMARTS) is 5. The predicted octanol–water partition coefficient (Wildman–Crippen LogP) is 21.6. The third kappa shape index (κ3) is 107. The van der Waals surface area contributed by atoms with E-state index in [-0.39, 0.29) is 108 Å². The van der Waals surface area contributed by atoms with Gasteiger partial charge in [-0.05, 0) is 120 Å². The minimum atomic E-state index is -2.19. The second-order valence-electron chi connectivity index (χ2n) is 24.9. The van der Waals surface area contributed by atoms with Gasteiger partial charge in [0, 0.05) is 55.6 Å². The molecule has 3 aromatic rings. The van der Waals surface area contributed by atoms with Crippen LogP contribution in [0.3, 0.4) is 0 Å². The molecule has 2 aromatic carbocycles. The molecule has 26 N–H and O–H groups in total. The number of unbranched alkanes of at least 4 members (excludes halogenated alkanes) is 15. The van der Waals surface area contributed by atoms with Crippen LogP contribution in [0.5, 0.6) is 0 Å². The van der Waals surface area contributed by atoms with Gasteiger partial charge < -0.3 is 109 Å². The summed E-state index contributed by atoms with van der Waals surface area (Å²) in [6, 6.07) is 19.3. The number of ether oxygens (including phenoxy) is 1. The Hall–Kier alpha value is -1.05. The summed E-state index contributed by atoms with van der Waals surface area (Å²) < 4.78 is 4.88. The molecule has 0 bridgehead atoms. The van der Waals surface area contributed by atoms with Gasteiger partial charge in [-0.25, -0.2) is 4.79 Å². The topological polar surface area (TPSA) is 616 Å². The summed E-state index contributed by atoms with van der Waals surface area (Å²) in [5.41, 5.74) is 15.1. The SMILES string of the molecule is CCCCCCCCCCCCCCCCNC(=O)O.C[Si](C)(O)CCCC(=O)CC(C(=O)O)C(=O)O.C[Si](C)(O)CCCC(=O)O.C[Si](C)(O)CCCC(=O)OC(C[NH-])C[NH-].C[Si](C)(O)CCCCCC(=O)O.O.[Cl][Pt+2][Cl].[Cl][Pt+2][Cl].[Cl][Pt].[NH2-].[NH2-].[NH2-].[NH2-].[NH2-].[NH2-].[Pt+2].c1ccc2c(c1)cnc1ccccc12. The van der Waals surface area contributed by atoms with E-state index in [2.05, 4.69) is 57.0 Å². The summed E-state index contributed by atoms with van der Waals surface area (Å²) in [7, 11) is 16.0. The second-order valence-corrected chi connectivity index (χ2v) is 48.0. The van der Waals surface area contributed by atoms with Gasteiger partial charge >= 0.3 is 156 Å². The number of pyridine rings is 1. The Morgan fingerprint density at radius 3 is 1.19 bits per heavy atom. The first-order valence-corrected chi connectivity index (χ1v) is 58.9. The van der Waals surface area contributed by atoms with Crippen molar-refractivity contribution >= 4 is 144 Å². The standard InChI is InChI=1S/C17H35NO2.C13H9N.C10H18O6Si.C9H20N2O3Si.C8H18O3Si.C6H14O3Si.5ClH.6H2N.H2O.4Pt/c1-2-3-4-5-6-7-8-9-10-11-12-13-14-15-16-18-17(19)20;1-2-6-11-10(5-1)9-14-13-8-4-3-7-12(11)13;1-17(2,16)5-3-4-7(11)6-8(9(12)13)10(14)15;1-15(2,13)5-3-4-9(12)14-8(6-10)7-11;1-12(2,11)7-5-3-4-6-8(9)10;1-10(2,9)5-3-4-6(7)8;;;;;;;;;;;;;;;;/h18H,2-16H2,1H3,(H,19,20);1-9H;8,16H,3-6H2,1-2H3,(H,12,13)(H,14,15);8,10-11,13H,3-7H2,1-2H3;11H,3-7H2,1-2H3,(H,9,10);9H,3-5H2,1-2H3,(H,7,8);5*1H;7*1H2;;;;/q;;;-2;;;;;;;;6*-1;;+1;+2;2*+4/p-5. The number of carbonyl (C=O) groups is 7. The molecule has 0 aliphatic heterocycles. The maximum atomic E-state index is 11.4. The van der Waals surface area contributed by atoms with E-state index in [0.717, 1.165) is 43.7 Å². The number of hydrogen-bond donors (Lipinski definition) is 10. The molecule has 1 amide bonds. The zero-order valence-electron chi connectivity index (χ0n) is 61.8. The number of benzene rings is 2. The van der Waals surface area contributed by atoms with E-state index in [1.807, 2.05) is 63.7 Å². The number of carboxylic acids is 4. The summed E-state index contributed by atoms with van der Waals surface area (Å²) in [6.07, 6.45) is 23.7. The van der Waals surface area contributed by atoms with Crippen molar-refractivity contribution in [1.82, 2.24) is 10.3 Å². The number of carbonyl (C=O) groups excluding carboxylic acids is 2. The molecule has 104 heavy (non-hydrogen) atoms. The molecule has 0 unspecified atom stereocenters. The molecular formula is C63H128Cl5N10O18Pt4Si4-2. The summed E-state index contributed by atoms with van der Waals surface area (Å²) in [5, 5.41) is 48.3. The van der Waals surface area contributed by atoms with Crippen molar-refractivity contribution < 1.29 is 161 Å². The number of nitrogens with one attached hydrogen (secondary N) is 3. The van der Waals surface area contributed by atoms with E-state index in [1.54, 1.807) is 31.9 Å². The number of aromatic nitrogens is 1. The third-order valence-corrected chi connectivity index (χ3v) is 19.7. The fourth-order valence-electron chi connectivity index (χ4n) is 8.40. The minimum Gasteiger partial charge on any atom is -0.693 e. The van der Waals surface area contributed by atoms with E-state index >= 15 is 0 Å². The summed E-state index contributed by atoms with van der Waals surface area (Å²) in [4.78, 5) is 116. The third-order valence-electron chi connectivity index (χ3n) is 13.4. The second kappa shape index (κ2) is 89.2. The molecule has 631 valence electrons. The summed E-state index contributed by atoms with van der Waals surface area (Å²) in [5.74, 6) is -6.92. The molecule has 28 nitrogen and oxygen atoms in total. The molecule has 1 heterocycles. The first-order chi connectivity index (χ1) is 44.9. The van der Waals surface area contributed by atoms with Gasteiger partial charge in [-0.2, -0.15) is 0 Å². The molecule has 0 saturated heterocycles. The maximum absolute atomic E-state index is 11.4. The first kappa shape index (κ1) is 135. The van der Waals surface area contributed by atoms with Crippen molar-refractivity contribution in [3.8, 4) is 0 Å². The Kier molecular flexibility index (Phi) is 116. The number of rotatable bonds is 40. The largest absolute Gasteiger partial charge is 2.00 e. The van der Waals surface area contributed by atoms with Crippen LogP contribution in [0.15, 0.2) is 54.7 Å². The van der Waals surface area contributed by atoms with Crippen LogP contribution in [0.2, 0.25) is 76.6 Å². The van der Waals surface area contributed by atoms with E-state index in [0.29, 0.717) is 43.9 Å². The van der Waals surface area contributed by atoms with Crippen molar-refractivity contribution in [2.75, 3.05) is 19.6 Å². The summed E-state index contributed by atoms with van der Waals surface area (Å²) >= 11 is 0.667. The van der Waals surface area contributed by atoms with Crippen molar-refractivity contribution in [3.05, 3.63) is 103 Å². The average Bonchev–Trinajstić information content (AvgIpc) is 0.801. The first-order valence-electron chi connectivity index (χ1n) is 32.2. The molecular weight excluding hydrogens is 2250 g/mol. The smallest absolute Gasteiger partial charge is 0.693 e. The molecule has 0 aliphatic carbocycles. The molecule has 41 heteroatoms. The number of nitrogens with two attached hydrogens (primary N) is 6. The van der Waals surface area contributed by atoms with E-state index in [9.17, 15) is 52.7 Å². The maximum Gasteiger partial charge on any atom is 2.00 e. The van der Waals surface area contributed by atoms with Gasteiger partial charge in [0.1, 0.15) is 5.78 Å². The predicted molar refractivity (Wildman–Crippen MR) is 426 cm³/mol. The Morgan fingerprint density at radius 2 is 0.827 bits per heavy atom. The van der Waals surface area contributed by atoms with Gasteiger partial charge in [0.15, 0.2) is 39.2 Å². The number of nitrogens with zero attached hydrogens (tertiary/aromatic N) is 1. The number of fused-ring (bicyclic) bond motifs is 3. The molecule has 3 rings (SSSR count). The number of amides is 1. The molecule has 0 atom stereocenters. The van der Waals surface area contributed by atoms with Gasteiger partial charge in [0.25, 0.3) is 0 Å². The molecule has 0 spiro atoms. The fraction of sp³-hybridized carbons (Fsp3) is 0.683. The number of esters is 1. The Morgan fingerprint density at radius 1 is 0.500 bits per heavy atom. The summed E-state index contributed by atoms with van der Waals surface area (Å²) in [6.45, 7) is 17.3.